The third-order valence-corrected chi connectivity index (χ3v) is 7.51. The molecule has 8 heteroatoms. The number of nitrogens with one attached hydrogen (secondary N) is 1. The van der Waals surface area contributed by atoms with Gasteiger partial charge in [-0.05, 0) is 56.9 Å². The summed E-state index contributed by atoms with van der Waals surface area (Å²) in [6, 6.07) is 23.6. The highest BCUT2D eigenvalue weighted by Crippen LogP contribution is 2.40. The fraction of sp³-hybridized carbons (Fsp3) is 0.179. The van der Waals surface area contributed by atoms with E-state index in [2.05, 4.69) is 15.2 Å². The number of benzene rings is 3. The van der Waals surface area contributed by atoms with Gasteiger partial charge in [-0.25, -0.2) is 4.39 Å². The van der Waals surface area contributed by atoms with Gasteiger partial charge in [-0.3, -0.25) is 14.3 Å². The van der Waals surface area contributed by atoms with Crippen molar-refractivity contribution in [1.29, 1.82) is 0 Å². The van der Waals surface area contributed by atoms with Crippen LogP contribution in [0.4, 0.5) is 4.39 Å². The summed E-state index contributed by atoms with van der Waals surface area (Å²) in [5.74, 6) is 0.361. The van der Waals surface area contributed by atoms with E-state index in [1.165, 1.54) is 23.9 Å². The Kier molecular flexibility index (Phi) is 6.71. The Morgan fingerprint density at radius 2 is 1.67 bits per heavy atom. The molecule has 182 valence electrons. The second kappa shape index (κ2) is 10.1. The van der Waals surface area contributed by atoms with Gasteiger partial charge in [-0.15, -0.1) is 10.2 Å². The van der Waals surface area contributed by atoms with Gasteiger partial charge in [-0.1, -0.05) is 60.3 Å². The molecule has 2 heterocycles. The van der Waals surface area contributed by atoms with Gasteiger partial charge >= 0.3 is 0 Å². The molecule has 0 unspecified atom stereocenters. The minimum absolute atomic E-state index is 0.0282. The van der Waals surface area contributed by atoms with Gasteiger partial charge in [0, 0.05) is 28.4 Å². The molecule has 2 aromatic heterocycles. The van der Waals surface area contributed by atoms with E-state index in [9.17, 15) is 9.18 Å². The number of ketones is 1. The number of halogens is 1. The monoisotopic (exact) mass is 499 g/mol. The van der Waals surface area contributed by atoms with Crippen molar-refractivity contribution in [2.24, 2.45) is 0 Å². The maximum Gasteiger partial charge on any atom is 0.196 e. The van der Waals surface area contributed by atoms with E-state index in [1.54, 1.807) is 18.3 Å². The van der Waals surface area contributed by atoms with Gasteiger partial charge in [0.15, 0.2) is 16.8 Å². The first-order chi connectivity index (χ1) is 17.4. The van der Waals surface area contributed by atoms with Gasteiger partial charge in [0.2, 0.25) is 0 Å². The molecule has 0 aliphatic rings. The molecule has 0 aliphatic carbocycles. The molecule has 1 N–H and O–H groups in total. The second-order valence-corrected chi connectivity index (χ2v) is 9.89. The zero-order chi connectivity index (χ0) is 25.2. The third kappa shape index (κ3) is 4.57. The number of aromatic nitrogens is 4. The van der Waals surface area contributed by atoms with E-state index >= 15 is 0 Å². The quantitative estimate of drug-likeness (QED) is 0.203. The summed E-state index contributed by atoms with van der Waals surface area (Å²) in [7, 11) is 3.93. The molecule has 0 aliphatic heterocycles. The third-order valence-electron chi connectivity index (χ3n) is 6.31. The Balaban J connectivity index is 1.62. The molecule has 5 rings (SSSR count). The van der Waals surface area contributed by atoms with Crippen molar-refractivity contribution < 1.29 is 9.18 Å². The number of hydrogen-bond acceptors (Lipinski definition) is 5. The molecule has 2 atom stereocenters. The zero-order valence-electron chi connectivity index (χ0n) is 20.2. The number of aromatic amines is 1. The maximum absolute atomic E-state index is 14.0. The Morgan fingerprint density at radius 1 is 0.972 bits per heavy atom. The SMILES string of the molecule is C[C@H](c1nnc(S[C@@H](C(=O)c2c[nH]c3ccccc23)c2ccccc2)n1-c1ccc(F)cc1)N(C)C. The fourth-order valence-corrected chi connectivity index (χ4v) is 5.25. The predicted octanol–water partition coefficient (Wildman–Crippen LogP) is 6.23. The number of fused-ring (bicyclic) bond motifs is 1. The number of nitrogens with zero attached hydrogens (tertiary/aromatic N) is 4. The number of carbonyl (C=O) groups excluding carboxylic acids is 1. The number of para-hydroxylation sites is 1. The van der Waals surface area contributed by atoms with Crippen molar-refractivity contribution in [3.05, 3.63) is 108 Å². The van der Waals surface area contributed by atoms with Crippen molar-refractivity contribution in [2.75, 3.05) is 14.1 Å². The molecule has 36 heavy (non-hydrogen) atoms. The summed E-state index contributed by atoms with van der Waals surface area (Å²) in [6.07, 6.45) is 1.77. The second-order valence-electron chi connectivity index (χ2n) is 8.81. The maximum atomic E-state index is 14.0. The standard InChI is InChI=1S/C28H26FN5OS/c1-18(33(2)3)27-31-32-28(34(27)21-15-13-20(29)14-16-21)36-26(19-9-5-4-6-10-19)25(35)23-17-30-24-12-8-7-11-22(23)24/h4-18,26,30H,1-3H3/t18-,26-/m1/s1. The van der Waals surface area contributed by atoms with Crippen LogP contribution in [-0.4, -0.2) is 44.5 Å². The lowest BCUT2D eigenvalue weighted by atomic mass is 10.0. The molecule has 5 aromatic rings. The Hall–Kier alpha value is -3.75. The van der Waals surface area contributed by atoms with Gasteiger partial charge in [0.1, 0.15) is 11.1 Å². The molecule has 6 nitrogen and oxygen atoms in total. The highest BCUT2D eigenvalue weighted by atomic mass is 32.2. The number of carbonyl (C=O) groups is 1. The number of Topliss-reactive ketones (excluding diaryl/α,β-unsaturated/α-hetero) is 1. The number of thioether (sulfide) groups is 1. The molecule has 0 saturated carbocycles. The van der Waals surface area contributed by atoms with Gasteiger partial charge in [0.25, 0.3) is 0 Å². The molecule has 0 fully saturated rings. The van der Waals surface area contributed by atoms with Crippen LogP contribution in [0.1, 0.15) is 40.0 Å². The summed E-state index contributed by atoms with van der Waals surface area (Å²) in [4.78, 5) is 19.3. The largest absolute Gasteiger partial charge is 0.360 e. The first kappa shape index (κ1) is 24.0. The normalized spacial score (nSPS) is 13.2. The topological polar surface area (TPSA) is 66.8 Å². The molecule has 0 spiro atoms. The molecular formula is C28H26FN5OS. The van der Waals surface area contributed by atoms with Crippen LogP contribution in [-0.2, 0) is 0 Å². The number of hydrogen-bond donors (Lipinski definition) is 1. The van der Waals surface area contributed by atoms with E-state index in [0.29, 0.717) is 16.5 Å². The lowest BCUT2D eigenvalue weighted by Gasteiger charge is -2.21. The van der Waals surface area contributed by atoms with Crippen LogP contribution in [0.15, 0.2) is 90.2 Å². The van der Waals surface area contributed by atoms with Crippen molar-refractivity contribution in [1.82, 2.24) is 24.6 Å². The summed E-state index contributed by atoms with van der Waals surface area (Å²) in [5, 5.41) is 9.88. The number of H-pyrrole nitrogens is 1. The first-order valence-corrected chi connectivity index (χ1v) is 12.5. The van der Waals surface area contributed by atoms with Crippen LogP contribution in [0.2, 0.25) is 0 Å². The lowest BCUT2D eigenvalue weighted by Crippen LogP contribution is -2.21. The van der Waals surface area contributed by atoms with Crippen LogP contribution in [0, 0.1) is 5.82 Å². The average molecular weight is 500 g/mol. The molecule has 0 bridgehead atoms. The lowest BCUT2D eigenvalue weighted by molar-refractivity contribution is 0.0991. The predicted molar refractivity (Wildman–Crippen MR) is 141 cm³/mol. The summed E-state index contributed by atoms with van der Waals surface area (Å²) in [5.41, 5.74) is 3.14. The van der Waals surface area contributed by atoms with Gasteiger partial charge in [-0.2, -0.15) is 0 Å². The van der Waals surface area contributed by atoms with Crippen molar-refractivity contribution in [3.8, 4) is 5.69 Å². The van der Waals surface area contributed by atoms with Crippen LogP contribution >= 0.6 is 11.8 Å². The Bertz CT molecular complexity index is 1490. The van der Waals surface area contributed by atoms with E-state index in [1.807, 2.05) is 85.1 Å². The van der Waals surface area contributed by atoms with E-state index in [-0.39, 0.29) is 17.6 Å². The van der Waals surface area contributed by atoms with Gasteiger partial charge in [0.05, 0.1) is 6.04 Å². The van der Waals surface area contributed by atoms with Crippen LogP contribution in [0.5, 0.6) is 0 Å². The van der Waals surface area contributed by atoms with Crippen molar-refractivity contribution in [2.45, 2.75) is 23.4 Å². The Morgan fingerprint density at radius 3 is 2.39 bits per heavy atom. The van der Waals surface area contributed by atoms with E-state index in [0.717, 1.165) is 22.2 Å². The van der Waals surface area contributed by atoms with E-state index < -0.39 is 5.25 Å². The molecule has 3 aromatic carbocycles. The average Bonchev–Trinajstić information content (AvgIpc) is 3.52. The molecule has 0 amide bonds. The highest BCUT2D eigenvalue weighted by molar-refractivity contribution is 8.00. The van der Waals surface area contributed by atoms with Crippen molar-refractivity contribution in [3.63, 3.8) is 0 Å². The van der Waals surface area contributed by atoms with E-state index in [4.69, 9.17) is 0 Å². The zero-order valence-corrected chi connectivity index (χ0v) is 21.0. The first-order valence-electron chi connectivity index (χ1n) is 11.6. The number of rotatable bonds is 8. The minimum atomic E-state index is -0.559. The molecular weight excluding hydrogens is 473 g/mol. The summed E-state index contributed by atoms with van der Waals surface area (Å²) < 4.78 is 15.6. The summed E-state index contributed by atoms with van der Waals surface area (Å²) >= 11 is 1.35. The molecule has 0 saturated heterocycles. The fourth-order valence-electron chi connectivity index (χ4n) is 4.11. The Labute approximate surface area is 213 Å². The smallest absolute Gasteiger partial charge is 0.196 e. The van der Waals surface area contributed by atoms with Crippen LogP contribution in [0.25, 0.3) is 16.6 Å². The summed E-state index contributed by atoms with van der Waals surface area (Å²) in [6.45, 7) is 2.03. The minimum Gasteiger partial charge on any atom is -0.360 e. The van der Waals surface area contributed by atoms with Gasteiger partial charge < -0.3 is 4.98 Å². The van der Waals surface area contributed by atoms with Crippen LogP contribution < -0.4 is 0 Å². The molecule has 0 radical (unpaired) electrons. The van der Waals surface area contributed by atoms with Crippen LogP contribution in [0.3, 0.4) is 0 Å². The van der Waals surface area contributed by atoms with Crippen molar-refractivity contribution >= 4 is 28.4 Å². The highest BCUT2D eigenvalue weighted by Gasteiger charge is 2.29.